The Labute approximate surface area is 107 Å². The van der Waals surface area contributed by atoms with Crippen molar-refractivity contribution in [3.05, 3.63) is 47.5 Å². The van der Waals surface area contributed by atoms with Crippen LogP contribution in [0.5, 0.6) is 0 Å². The smallest absolute Gasteiger partial charge is 0.337 e. The van der Waals surface area contributed by atoms with Gasteiger partial charge < -0.3 is 10.2 Å². The van der Waals surface area contributed by atoms with Crippen LogP contribution in [-0.4, -0.2) is 22.2 Å². The van der Waals surface area contributed by atoms with Crippen LogP contribution in [0, 0.1) is 0 Å². The molecular formula is C12H8MnO4. The van der Waals surface area contributed by atoms with Crippen LogP contribution in [0.25, 0.3) is 10.8 Å². The van der Waals surface area contributed by atoms with Crippen molar-refractivity contribution in [1.29, 1.82) is 0 Å². The van der Waals surface area contributed by atoms with Gasteiger partial charge in [-0.15, -0.1) is 0 Å². The van der Waals surface area contributed by atoms with Gasteiger partial charge in [0.25, 0.3) is 0 Å². The maximum Gasteiger partial charge on any atom is 0.337 e. The van der Waals surface area contributed by atoms with Gasteiger partial charge in [0.2, 0.25) is 0 Å². The topological polar surface area (TPSA) is 74.6 Å². The van der Waals surface area contributed by atoms with Crippen LogP contribution in [0.2, 0.25) is 0 Å². The molecule has 0 unspecified atom stereocenters. The molecule has 2 N–H and O–H groups in total. The molecule has 87 valence electrons. The molecule has 0 aromatic heterocycles. The van der Waals surface area contributed by atoms with Crippen molar-refractivity contribution in [3.8, 4) is 0 Å². The van der Waals surface area contributed by atoms with Crippen LogP contribution in [0.3, 0.4) is 0 Å². The van der Waals surface area contributed by atoms with Gasteiger partial charge in [0, 0.05) is 17.1 Å². The Balaban J connectivity index is 0.00000144. The summed E-state index contributed by atoms with van der Waals surface area (Å²) in [7, 11) is 0. The normalized spacial score (nSPS) is 9.65. The molecule has 0 amide bonds. The molecule has 1 radical (unpaired) electrons. The van der Waals surface area contributed by atoms with E-state index in [1.807, 2.05) is 0 Å². The summed E-state index contributed by atoms with van der Waals surface area (Å²) < 4.78 is 0. The zero-order valence-corrected chi connectivity index (χ0v) is 9.73. The quantitative estimate of drug-likeness (QED) is 0.821. The van der Waals surface area contributed by atoms with Crippen molar-refractivity contribution in [3.63, 3.8) is 0 Å². The number of hydrogen-bond acceptors (Lipinski definition) is 2. The van der Waals surface area contributed by atoms with E-state index < -0.39 is 11.9 Å². The zero-order valence-electron chi connectivity index (χ0n) is 8.55. The fraction of sp³-hybridized carbons (Fsp3) is 0. The summed E-state index contributed by atoms with van der Waals surface area (Å²) in [5.41, 5.74) is -0.350. The monoisotopic (exact) mass is 271 g/mol. The molecule has 0 fully saturated rings. The van der Waals surface area contributed by atoms with Gasteiger partial charge in [0.05, 0.1) is 11.1 Å². The van der Waals surface area contributed by atoms with Gasteiger partial charge in [0.1, 0.15) is 0 Å². The molecule has 5 heteroatoms. The summed E-state index contributed by atoms with van der Waals surface area (Å²) in [5, 5.41) is 19.1. The summed E-state index contributed by atoms with van der Waals surface area (Å²) in [6.07, 6.45) is 0. The van der Waals surface area contributed by atoms with E-state index in [0.29, 0.717) is 10.8 Å². The van der Waals surface area contributed by atoms with Gasteiger partial charge in [-0.05, 0) is 16.8 Å². The van der Waals surface area contributed by atoms with Crippen LogP contribution in [0.1, 0.15) is 20.7 Å². The third-order valence-corrected chi connectivity index (χ3v) is 2.37. The Kier molecular flexibility index (Phi) is 3.88. The molecule has 0 atom stereocenters. The van der Waals surface area contributed by atoms with Gasteiger partial charge >= 0.3 is 11.9 Å². The Bertz CT molecular complexity index is 592. The second-order valence-electron chi connectivity index (χ2n) is 3.32. The van der Waals surface area contributed by atoms with E-state index >= 15 is 0 Å². The number of carboxylic acids is 2. The van der Waals surface area contributed by atoms with Crippen LogP contribution >= 0.6 is 0 Å². The molecule has 0 saturated carbocycles. The van der Waals surface area contributed by atoms with Crippen LogP contribution in [0.15, 0.2) is 36.4 Å². The van der Waals surface area contributed by atoms with Crippen LogP contribution in [0.4, 0.5) is 0 Å². The molecule has 0 aliphatic heterocycles. The summed E-state index contributed by atoms with van der Waals surface area (Å²) in [6, 6.07) is 9.72. The van der Waals surface area contributed by atoms with E-state index in [-0.39, 0.29) is 28.2 Å². The van der Waals surface area contributed by atoms with E-state index in [9.17, 15) is 9.59 Å². The largest absolute Gasteiger partial charge is 0.478 e. The van der Waals surface area contributed by atoms with Gasteiger partial charge in [-0.2, -0.15) is 0 Å². The van der Waals surface area contributed by atoms with E-state index in [2.05, 4.69) is 0 Å². The molecule has 17 heavy (non-hydrogen) atoms. The molecule has 0 heterocycles. The second-order valence-corrected chi connectivity index (χ2v) is 3.32. The minimum absolute atomic E-state index is 0. The van der Waals surface area contributed by atoms with Crippen LogP contribution in [-0.2, 0) is 17.1 Å². The third kappa shape index (κ3) is 2.30. The van der Waals surface area contributed by atoms with E-state index in [0.717, 1.165) is 0 Å². The molecule has 2 aromatic rings. The second kappa shape index (κ2) is 4.99. The van der Waals surface area contributed by atoms with Gasteiger partial charge in [0.15, 0.2) is 0 Å². The molecule has 4 nitrogen and oxygen atoms in total. The molecule has 2 rings (SSSR count). The SMILES string of the molecule is O=C(O)c1ccc2ccccc2c1C(=O)O.[Mn]. The van der Waals surface area contributed by atoms with E-state index in [1.165, 1.54) is 6.07 Å². The van der Waals surface area contributed by atoms with Crippen molar-refractivity contribution >= 4 is 22.7 Å². The van der Waals surface area contributed by atoms with Crippen molar-refractivity contribution in [1.82, 2.24) is 0 Å². The number of benzene rings is 2. The van der Waals surface area contributed by atoms with Crippen molar-refractivity contribution in [2.24, 2.45) is 0 Å². The molecule has 2 aromatic carbocycles. The van der Waals surface area contributed by atoms with Gasteiger partial charge in [-0.25, -0.2) is 9.59 Å². The summed E-state index contributed by atoms with van der Waals surface area (Å²) in [4.78, 5) is 22.0. The number of aromatic carboxylic acids is 2. The van der Waals surface area contributed by atoms with Crippen LogP contribution < -0.4 is 0 Å². The molecule has 0 spiro atoms. The number of carbonyl (C=O) groups is 2. The van der Waals surface area contributed by atoms with Crippen molar-refractivity contribution < 1.29 is 36.9 Å². The Morgan fingerprint density at radius 3 is 2.12 bits per heavy atom. The predicted octanol–water partition coefficient (Wildman–Crippen LogP) is 2.23. The molecule has 0 aliphatic rings. The summed E-state index contributed by atoms with van der Waals surface area (Å²) >= 11 is 0. The molecular weight excluding hydrogens is 263 g/mol. The number of hydrogen-bond donors (Lipinski definition) is 2. The predicted molar refractivity (Wildman–Crippen MR) is 57.9 cm³/mol. The number of carboxylic acid groups (broad SMARTS) is 2. The first-order valence-electron chi connectivity index (χ1n) is 4.59. The molecule has 0 saturated heterocycles. The van der Waals surface area contributed by atoms with E-state index in [1.54, 1.807) is 30.3 Å². The van der Waals surface area contributed by atoms with E-state index in [4.69, 9.17) is 10.2 Å². The third-order valence-electron chi connectivity index (χ3n) is 2.37. The first-order valence-corrected chi connectivity index (χ1v) is 4.59. The van der Waals surface area contributed by atoms with Gasteiger partial charge in [-0.3, -0.25) is 0 Å². The van der Waals surface area contributed by atoms with Crippen molar-refractivity contribution in [2.75, 3.05) is 0 Å². The summed E-state index contributed by atoms with van der Waals surface area (Å²) in [6.45, 7) is 0. The Morgan fingerprint density at radius 2 is 1.53 bits per heavy atom. The van der Waals surface area contributed by atoms with Gasteiger partial charge in [-0.1, -0.05) is 30.3 Å². The maximum absolute atomic E-state index is 11.1. The number of fused-ring (bicyclic) bond motifs is 1. The zero-order chi connectivity index (χ0) is 11.7. The number of rotatable bonds is 2. The maximum atomic E-state index is 11.1. The Hall–Kier alpha value is -1.84. The minimum atomic E-state index is -1.23. The first-order chi connectivity index (χ1) is 7.61. The first kappa shape index (κ1) is 13.2. The Morgan fingerprint density at radius 1 is 0.882 bits per heavy atom. The fourth-order valence-corrected chi connectivity index (χ4v) is 1.68. The van der Waals surface area contributed by atoms with Crippen molar-refractivity contribution in [2.45, 2.75) is 0 Å². The molecule has 0 bridgehead atoms. The standard InChI is InChI=1S/C12H8O4.Mn/c13-11(14)9-6-5-7-3-1-2-4-8(7)10(9)12(15)16;/h1-6H,(H,13,14)(H,15,16);. The summed E-state index contributed by atoms with van der Waals surface area (Å²) in [5.74, 6) is -2.46. The average Bonchev–Trinajstić information content (AvgIpc) is 2.27. The molecule has 0 aliphatic carbocycles. The average molecular weight is 271 g/mol. The fourth-order valence-electron chi connectivity index (χ4n) is 1.68. The minimum Gasteiger partial charge on any atom is -0.478 e.